The number of aryl methyl sites for hydroxylation is 1. The second kappa shape index (κ2) is 9.13. The predicted octanol–water partition coefficient (Wildman–Crippen LogP) is 4.50. The number of benzene rings is 2. The number of ether oxygens (including phenoxy) is 1. The third-order valence-electron chi connectivity index (χ3n) is 4.59. The van der Waals surface area contributed by atoms with E-state index in [0.717, 1.165) is 22.6 Å². The van der Waals surface area contributed by atoms with E-state index in [9.17, 15) is 18.0 Å². The van der Waals surface area contributed by atoms with Crippen LogP contribution >= 0.6 is 0 Å². The second-order valence-corrected chi connectivity index (χ2v) is 6.89. The van der Waals surface area contributed by atoms with Crippen molar-refractivity contribution in [2.45, 2.75) is 33.2 Å². The molecule has 0 bridgehead atoms. The van der Waals surface area contributed by atoms with Crippen LogP contribution < -0.4 is 5.32 Å². The Morgan fingerprint density at radius 1 is 1.10 bits per heavy atom. The van der Waals surface area contributed by atoms with E-state index in [1.807, 2.05) is 48.9 Å². The zero-order valence-electron chi connectivity index (χ0n) is 16.7. The molecule has 1 aromatic heterocycles. The molecule has 0 radical (unpaired) electrons. The van der Waals surface area contributed by atoms with E-state index in [-0.39, 0.29) is 19.1 Å². The molecule has 0 spiro atoms. The van der Waals surface area contributed by atoms with Gasteiger partial charge in [-0.2, -0.15) is 18.3 Å². The van der Waals surface area contributed by atoms with Gasteiger partial charge in [-0.05, 0) is 43.7 Å². The van der Waals surface area contributed by atoms with Crippen LogP contribution in [0.4, 0.5) is 13.2 Å². The molecule has 0 aliphatic carbocycles. The number of amides is 1. The van der Waals surface area contributed by atoms with Crippen LogP contribution in [0.2, 0.25) is 0 Å². The molecule has 8 heteroatoms. The van der Waals surface area contributed by atoms with E-state index in [1.54, 1.807) is 18.2 Å². The average molecular weight is 417 g/mol. The van der Waals surface area contributed by atoms with Gasteiger partial charge in [-0.25, -0.2) is 4.68 Å². The minimum atomic E-state index is -4.38. The molecule has 1 amide bonds. The zero-order chi connectivity index (χ0) is 21.7. The van der Waals surface area contributed by atoms with Crippen LogP contribution in [0.1, 0.15) is 32.9 Å². The Hall–Kier alpha value is -3.13. The first-order valence-electron chi connectivity index (χ1n) is 9.37. The Morgan fingerprint density at radius 3 is 2.53 bits per heavy atom. The normalized spacial score (nSPS) is 11.5. The highest BCUT2D eigenvalue weighted by Gasteiger charge is 2.27. The summed E-state index contributed by atoms with van der Waals surface area (Å²) in [6.07, 6.45) is -4.38. The predicted molar refractivity (Wildman–Crippen MR) is 106 cm³/mol. The second-order valence-electron chi connectivity index (χ2n) is 6.89. The first kappa shape index (κ1) is 21.6. The van der Waals surface area contributed by atoms with Crippen LogP contribution in [0.25, 0.3) is 5.69 Å². The third-order valence-corrected chi connectivity index (χ3v) is 4.59. The fraction of sp³-hybridized carbons (Fsp3) is 0.273. The van der Waals surface area contributed by atoms with E-state index in [4.69, 9.17) is 0 Å². The number of hydrogen-bond acceptors (Lipinski definition) is 3. The molecule has 0 aliphatic heterocycles. The van der Waals surface area contributed by atoms with Crippen molar-refractivity contribution in [3.05, 3.63) is 82.7 Å². The van der Waals surface area contributed by atoms with Gasteiger partial charge in [-0.3, -0.25) is 4.79 Å². The van der Waals surface area contributed by atoms with E-state index in [0.29, 0.717) is 11.1 Å². The van der Waals surface area contributed by atoms with Gasteiger partial charge in [0.1, 0.15) is 6.61 Å². The Morgan fingerprint density at radius 2 is 1.83 bits per heavy atom. The van der Waals surface area contributed by atoms with Crippen LogP contribution in [0.15, 0.2) is 54.6 Å². The molecule has 1 N–H and O–H groups in total. The molecule has 0 saturated heterocycles. The fourth-order valence-corrected chi connectivity index (χ4v) is 3.11. The Balaban J connectivity index is 1.65. The van der Waals surface area contributed by atoms with E-state index in [1.165, 1.54) is 6.07 Å². The number of aromatic nitrogens is 2. The fourth-order valence-electron chi connectivity index (χ4n) is 3.11. The first-order valence-corrected chi connectivity index (χ1v) is 9.37. The van der Waals surface area contributed by atoms with Gasteiger partial charge in [0.2, 0.25) is 0 Å². The number of nitrogens with one attached hydrogen (secondary N) is 1. The third kappa shape index (κ3) is 5.48. The molecule has 158 valence electrons. The summed E-state index contributed by atoms with van der Waals surface area (Å²) in [5, 5.41) is 7.41. The molecule has 3 rings (SSSR count). The Bertz CT molecular complexity index is 1010. The number of carbonyl (C=O) groups is 1. The SMILES string of the molecule is Cc1nn(-c2ccccc2)c(C)c1CNC(=O)c1cccc(COCC(F)(F)F)c1. The van der Waals surface area contributed by atoms with Crippen molar-refractivity contribution in [1.82, 2.24) is 15.1 Å². The maximum Gasteiger partial charge on any atom is 0.411 e. The molecule has 0 atom stereocenters. The quantitative estimate of drug-likeness (QED) is 0.616. The van der Waals surface area contributed by atoms with Crippen molar-refractivity contribution in [2.24, 2.45) is 0 Å². The topological polar surface area (TPSA) is 56.2 Å². The lowest BCUT2D eigenvalue weighted by Crippen LogP contribution is -2.23. The molecule has 0 fully saturated rings. The van der Waals surface area contributed by atoms with Gasteiger partial charge in [0.15, 0.2) is 0 Å². The van der Waals surface area contributed by atoms with Gasteiger partial charge in [0, 0.05) is 23.4 Å². The van der Waals surface area contributed by atoms with E-state index >= 15 is 0 Å². The molecule has 1 heterocycles. The first-order chi connectivity index (χ1) is 14.2. The minimum Gasteiger partial charge on any atom is -0.367 e. The van der Waals surface area contributed by atoms with Crippen molar-refractivity contribution in [3.8, 4) is 5.69 Å². The summed E-state index contributed by atoms with van der Waals surface area (Å²) < 4.78 is 43.1. The maximum atomic E-state index is 12.5. The number of carbonyl (C=O) groups excluding carboxylic acids is 1. The van der Waals surface area contributed by atoms with Crippen LogP contribution in [-0.4, -0.2) is 28.5 Å². The number of rotatable bonds is 7. The standard InChI is InChI=1S/C22H22F3N3O2/c1-15-20(16(2)28(27-15)19-9-4-3-5-10-19)12-26-21(29)18-8-6-7-17(11-18)13-30-14-22(23,24)25/h3-11H,12-14H2,1-2H3,(H,26,29). The van der Waals surface area contributed by atoms with Crippen molar-refractivity contribution < 1.29 is 22.7 Å². The van der Waals surface area contributed by atoms with Gasteiger partial charge in [0.05, 0.1) is 18.0 Å². The summed E-state index contributed by atoms with van der Waals surface area (Å²) in [5.74, 6) is -0.320. The van der Waals surface area contributed by atoms with Gasteiger partial charge in [0.25, 0.3) is 5.91 Å². The summed E-state index contributed by atoms with van der Waals surface area (Å²) in [7, 11) is 0. The number of hydrogen-bond donors (Lipinski definition) is 1. The van der Waals surface area contributed by atoms with Crippen molar-refractivity contribution >= 4 is 5.91 Å². The van der Waals surface area contributed by atoms with Crippen molar-refractivity contribution in [2.75, 3.05) is 6.61 Å². The molecule has 3 aromatic rings. The largest absolute Gasteiger partial charge is 0.411 e. The van der Waals surface area contributed by atoms with Gasteiger partial charge >= 0.3 is 6.18 Å². The lowest BCUT2D eigenvalue weighted by molar-refractivity contribution is -0.176. The highest BCUT2D eigenvalue weighted by molar-refractivity contribution is 5.94. The number of para-hydroxylation sites is 1. The number of nitrogens with zero attached hydrogens (tertiary/aromatic N) is 2. The Kier molecular flexibility index (Phi) is 6.56. The minimum absolute atomic E-state index is 0.220. The zero-order valence-corrected chi connectivity index (χ0v) is 16.7. The van der Waals surface area contributed by atoms with Crippen LogP contribution in [0.5, 0.6) is 0 Å². The molecule has 0 unspecified atom stereocenters. The van der Waals surface area contributed by atoms with E-state index in [2.05, 4.69) is 15.2 Å². The molecule has 0 saturated carbocycles. The van der Waals surface area contributed by atoms with Crippen LogP contribution in [0.3, 0.4) is 0 Å². The monoisotopic (exact) mass is 417 g/mol. The number of halogens is 3. The Labute approximate surface area is 172 Å². The molecular weight excluding hydrogens is 395 g/mol. The summed E-state index contributed by atoms with van der Waals surface area (Å²) >= 11 is 0. The van der Waals surface area contributed by atoms with Gasteiger partial charge in [-0.15, -0.1) is 0 Å². The molecule has 0 aliphatic rings. The highest BCUT2D eigenvalue weighted by atomic mass is 19.4. The summed E-state index contributed by atoms with van der Waals surface area (Å²) in [5.41, 5.74) is 4.43. The summed E-state index contributed by atoms with van der Waals surface area (Å²) in [4.78, 5) is 12.5. The molecule has 30 heavy (non-hydrogen) atoms. The molecule has 5 nitrogen and oxygen atoms in total. The molecule has 2 aromatic carbocycles. The lowest BCUT2D eigenvalue weighted by atomic mass is 10.1. The summed E-state index contributed by atoms with van der Waals surface area (Å²) in [6.45, 7) is 2.56. The number of alkyl halides is 3. The van der Waals surface area contributed by atoms with Crippen LogP contribution in [0, 0.1) is 13.8 Å². The van der Waals surface area contributed by atoms with Gasteiger partial charge < -0.3 is 10.1 Å². The maximum absolute atomic E-state index is 12.5. The van der Waals surface area contributed by atoms with Crippen molar-refractivity contribution in [1.29, 1.82) is 0 Å². The summed E-state index contributed by atoms with van der Waals surface area (Å²) in [6, 6.07) is 16.1. The highest BCUT2D eigenvalue weighted by Crippen LogP contribution is 2.18. The lowest BCUT2D eigenvalue weighted by Gasteiger charge is -2.10. The van der Waals surface area contributed by atoms with Gasteiger partial charge in [-0.1, -0.05) is 30.3 Å². The smallest absolute Gasteiger partial charge is 0.367 e. The average Bonchev–Trinajstić information content (AvgIpc) is 3.00. The van der Waals surface area contributed by atoms with Crippen molar-refractivity contribution in [3.63, 3.8) is 0 Å². The van der Waals surface area contributed by atoms with E-state index < -0.39 is 12.8 Å². The molecular formula is C22H22F3N3O2. The van der Waals surface area contributed by atoms with Crippen LogP contribution in [-0.2, 0) is 17.9 Å².